The third kappa shape index (κ3) is 4.75. The second kappa shape index (κ2) is 9.30. The number of nitrogens with two attached hydrogens (primary N) is 1. The first-order chi connectivity index (χ1) is 14.5. The molecule has 0 radical (unpaired) electrons. The van der Waals surface area contributed by atoms with Gasteiger partial charge in [-0.25, -0.2) is 0 Å². The number of allylic oxidation sites excluding steroid dienone is 2. The lowest BCUT2D eigenvalue weighted by molar-refractivity contribution is 0.140. The van der Waals surface area contributed by atoms with Crippen molar-refractivity contribution in [2.45, 2.75) is 51.4 Å². The zero-order chi connectivity index (χ0) is 21.1. The lowest BCUT2D eigenvalue weighted by atomic mass is 9.88. The zero-order valence-corrected chi connectivity index (χ0v) is 17.7. The molecule has 3 nitrogen and oxygen atoms in total. The number of hydrogen-bond donors (Lipinski definition) is 3. The Labute approximate surface area is 180 Å². The van der Waals surface area contributed by atoms with Crippen molar-refractivity contribution >= 4 is 0 Å². The average molecular weight is 404 g/mol. The minimum Gasteiger partial charge on any atom is -0.392 e. The van der Waals surface area contributed by atoms with Crippen LogP contribution in [0.15, 0.2) is 72.3 Å². The van der Waals surface area contributed by atoms with Crippen LogP contribution < -0.4 is 5.73 Å². The van der Waals surface area contributed by atoms with Gasteiger partial charge in [-0.2, -0.15) is 0 Å². The third-order valence-corrected chi connectivity index (χ3v) is 6.79. The Hall–Kier alpha value is -2.20. The maximum Gasteiger partial charge on any atom is 0.0761 e. The van der Waals surface area contributed by atoms with Crippen molar-refractivity contribution in [3.05, 3.63) is 94.6 Å². The predicted octanol–water partition coefficient (Wildman–Crippen LogP) is 4.10. The Morgan fingerprint density at radius 1 is 1.13 bits per heavy atom. The van der Waals surface area contributed by atoms with E-state index >= 15 is 0 Å². The van der Waals surface area contributed by atoms with Crippen LogP contribution >= 0.6 is 0 Å². The highest BCUT2D eigenvalue weighted by Crippen LogP contribution is 2.48. The van der Waals surface area contributed by atoms with Gasteiger partial charge in [0.25, 0.3) is 0 Å². The summed E-state index contributed by atoms with van der Waals surface area (Å²) in [6.45, 7) is 2.64. The molecule has 4 N–H and O–H groups in total. The lowest BCUT2D eigenvalue weighted by Crippen LogP contribution is -2.18. The molecule has 0 spiro atoms. The molecule has 2 aromatic rings. The van der Waals surface area contributed by atoms with Gasteiger partial charge in [0.05, 0.1) is 12.2 Å². The molecule has 1 saturated carbocycles. The van der Waals surface area contributed by atoms with Crippen LogP contribution in [0, 0.1) is 24.7 Å². The first-order valence-corrected chi connectivity index (χ1v) is 11.1. The number of rotatable bonds is 7. The summed E-state index contributed by atoms with van der Waals surface area (Å²) in [5, 5.41) is 21.1. The molecule has 4 rings (SSSR count). The fourth-order valence-corrected chi connectivity index (χ4v) is 5.32. The molecule has 0 unspecified atom stereocenters. The van der Waals surface area contributed by atoms with Crippen LogP contribution in [-0.4, -0.2) is 22.4 Å². The molecule has 1 fully saturated rings. The Kier molecular flexibility index (Phi) is 6.52. The van der Waals surface area contributed by atoms with E-state index in [1.807, 2.05) is 18.2 Å². The second-order valence-corrected chi connectivity index (χ2v) is 9.03. The van der Waals surface area contributed by atoms with E-state index in [1.54, 1.807) is 0 Å². The summed E-state index contributed by atoms with van der Waals surface area (Å²) in [6.07, 6.45) is 8.88. The predicted molar refractivity (Wildman–Crippen MR) is 122 cm³/mol. The molecule has 0 aromatic heterocycles. The number of fused-ring (bicyclic) bond motifs is 1. The molecule has 0 aliphatic heterocycles. The summed E-state index contributed by atoms with van der Waals surface area (Å²) in [4.78, 5) is 0. The van der Waals surface area contributed by atoms with Crippen LogP contribution in [-0.2, 0) is 19.4 Å². The molecule has 2 aromatic carbocycles. The molecule has 0 saturated heterocycles. The maximum absolute atomic E-state index is 10.6. The van der Waals surface area contributed by atoms with Crippen LogP contribution in [0.5, 0.6) is 0 Å². The van der Waals surface area contributed by atoms with Crippen molar-refractivity contribution in [2.24, 2.45) is 23.5 Å². The molecule has 5 atom stereocenters. The molecule has 0 bridgehead atoms. The maximum atomic E-state index is 10.6. The fraction of sp³-hybridized carbons (Fsp3) is 0.407. The monoisotopic (exact) mass is 403 g/mol. The van der Waals surface area contributed by atoms with E-state index in [0.717, 1.165) is 24.8 Å². The molecular weight excluding hydrogens is 370 g/mol. The minimum absolute atomic E-state index is 0.112. The summed E-state index contributed by atoms with van der Waals surface area (Å²) in [6, 6.07) is 16.7. The van der Waals surface area contributed by atoms with Crippen molar-refractivity contribution in [3.8, 4) is 0 Å². The number of aliphatic hydroxyl groups excluding tert-OH is 2. The Morgan fingerprint density at radius 3 is 2.70 bits per heavy atom. The quantitative estimate of drug-likeness (QED) is 0.610. The van der Waals surface area contributed by atoms with Gasteiger partial charge in [-0.15, -0.1) is 0 Å². The summed E-state index contributed by atoms with van der Waals surface area (Å²) in [5.74, 6) is 0.978. The van der Waals surface area contributed by atoms with E-state index in [1.165, 1.54) is 22.3 Å². The van der Waals surface area contributed by atoms with E-state index in [0.29, 0.717) is 24.8 Å². The van der Waals surface area contributed by atoms with Gasteiger partial charge in [-0.05, 0) is 54.7 Å². The van der Waals surface area contributed by atoms with Gasteiger partial charge in [0.15, 0.2) is 0 Å². The van der Waals surface area contributed by atoms with Gasteiger partial charge in [-0.1, -0.05) is 77.9 Å². The molecule has 30 heavy (non-hydrogen) atoms. The molecular formula is C27H33NO2. The number of hydrogen-bond acceptors (Lipinski definition) is 3. The van der Waals surface area contributed by atoms with E-state index < -0.39 is 6.10 Å². The fourth-order valence-electron chi connectivity index (χ4n) is 5.32. The minimum atomic E-state index is -0.525. The molecule has 3 heteroatoms. The van der Waals surface area contributed by atoms with E-state index in [2.05, 4.69) is 55.5 Å². The molecule has 0 heterocycles. The average Bonchev–Trinajstić information content (AvgIpc) is 3.23. The molecule has 0 amide bonds. The normalized spacial score (nSPS) is 26.7. The van der Waals surface area contributed by atoms with Gasteiger partial charge >= 0.3 is 0 Å². The number of aryl methyl sites for hydroxylation is 1. The number of benzene rings is 2. The largest absolute Gasteiger partial charge is 0.392 e. The standard InChI is InChI=1S/C27H33NO2/c1-18-5-4-6-19(11-18)14-24(29)9-10-25-26-15-20(13-23(26)16-27(25)30)12-21-7-2-3-8-22(21)17-28/h2-11,13,23-27,29-30H,12,14-17,28H2,1H3/t23-,24-,25+,26-,27+/m0/s1. The smallest absolute Gasteiger partial charge is 0.0761 e. The van der Waals surface area contributed by atoms with Crippen LogP contribution in [0.1, 0.15) is 35.1 Å². The highest BCUT2D eigenvalue weighted by Gasteiger charge is 2.43. The van der Waals surface area contributed by atoms with Crippen LogP contribution in [0.4, 0.5) is 0 Å². The van der Waals surface area contributed by atoms with Crippen molar-refractivity contribution in [2.75, 3.05) is 0 Å². The number of aliphatic hydroxyl groups is 2. The van der Waals surface area contributed by atoms with Crippen molar-refractivity contribution in [1.29, 1.82) is 0 Å². The second-order valence-electron chi connectivity index (χ2n) is 9.03. The van der Waals surface area contributed by atoms with Crippen molar-refractivity contribution < 1.29 is 10.2 Å². The molecule has 2 aliphatic carbocycles. The van der Waals surface area contributed by atoms with Gasteiger partial charge in [0.2, 0.25) is 0 Å². The van der Waals surface area contributed by atoms with Crippen molar-refractivity contribution in [3.63, 3.8) is 0 Å². The Bertz CT molecular complexity index is 932. The SMILES string of the molecule is Cc1cccc(C[C@@H](O)C=C[C@@H]2[C@H]3CC(Cc4ccccc4CN)=C[C@H]3C[C@H]2O)c1. The molecule has 158 valence electrons. The lowest BCUT2D eigenvalue weighted by Gasteiger charge is -2.19. The Morgan fingerprint density at radius 2 is 1.93 bits per heavy atom. The summed E-state index contributed by atoms with van der Waals surface area (Å²) < 4.78 is 0. The summed E-state index contributed by atoms with van der Waals surface area (Å²) in [5.41, 5.74) is 12.2. The van der Waals surface area contributed by atoms with E-state index in [4.69, 9.17) is 5.73 Å². The van der Waals surface area contributed by atoms with Gasteiger partial charge < -0.3 is 15.9 Å². The first-order valence-electron chi connectivity index (χ1n) is 11.1. The van der Waals surface area contributed by atoms with Crippen molar-refractivity contribution in [1.82, 2.24) is 0 Å². The summed E-state index contributed by atoms with van der Waals surface area (Å²) in [7, 11) is 0. The topological polar surface area (TPSA) is 66.5 Å². The van der Waals surface area contributed by atoms with Gasteiger partial charge in [-0.3, -0.25) is 0 Å². The third-order valence-electron chi connectivity index (χ3n) is 6.79. The zero-order valence-electron chi connectivity index (χ0n) is 17.7. The van der Waals surface area contributed by atoms with Gasteiger partial charge in [0, 0.05) is 18.9 Å². The highest BCUT2D eigenvalue weighted by atomic mass is 16.3. The summed E-state index contributed by atoms with van der Waals surface area (Å²) >= 11 is 0. The van der Waals surface area contributed by atoms with Gasteiger partial charge in [0.1, 0.15) is 0 Å². The van der Waals surface area contributed by atoms with Crippen LogP contribution in [0.25, 0.3) is 0 Å². The van der Waals surface area contributed by atoms with E-state index in [9.17, 15) is 10.2 Å². The first kappa shape index (κ1) is 21.0. The van der Waals surface area contributed by atoms with Crippen LogP contribution in [0.3, 0.4) is 0 Å². The Balaban J connectivity index is 1.39. The highest BCUT2D eigenvalue weighted by molar-refractivity contribution is 5.33. The van der Waals surface area contributed by atoms with Crippen LogP contribution in [0.2, 0.25) is 0 Å². The van der Waals surface area contributed by atoms with E-state index in [-0.39, 0.29) is 12.0 Å². The molecule has 2 aliphatic rings.